The number of para-hydroxylation sites is 1. The van der Waals surface area contributed by atoms with Gasteiger partial charge in [0.15, 0.2) is 0 Å². The van der Waals surface area contributed by atoms with E-state index in [9.17, 15) is 4.79 Å². The van der Waals surface area contributed by atoms with Crippen molar-refractivity contribution in [2.75, 3.05) is 26.0 Å². The first kappa shape index (κ1) is 14.0. The number of fused-ring (bicyclic) bond motifs is 1. The van der Waals surface area contributed by atoms with Crippen LogP contribution in [-0.4, -0.2) is 43.5 Å². The predicted molar refractivity (Wildman–Crippen MR) is 78.3 cm³/mol. The van der Waals surface area contributed by atoms with Crippen molar-refractivity contribution in [2.24, 2.45) is 0 Å². The van der Waals surface area contributed by atoms with Crippen molar-refractivity contribution in [1.29, 1.82) is 0 Å². The Morgan fingerprint density at radius 2 is 2.16 bits per heavy atom. The van der Waals surface area contributed by atoms with Gasteiger partial charge in [-0.3, -0.25) is 4.79 Å². The van der Waals surface area contributed by atoms with Gasteiger partial charge in [-0.25, -0.2) is 0 Å². The zero-order valence-electron chi connectivity index (χ0n) is 11.9. The predicted octanol–water partition coefficient (Wildman–Crippen LogP) is 1.48. The fourth-order valence-corrected chi connectivity index (χ4v) is 2.61. The molecule has 2 unspecified atom stereocenters. The van der Waals surface area contributed by atoms with E-state index in [1.807, 2.05) is 32.3 Å². The molecule has 0 spiro atoms. The molecule has 1 amide bonds. The highest BCUT2D eigenvalue weighted by molar-refractivity contribution is 5.96. The van der Waals surface area contributed by atoms with Crippen LogP contribution in [0.25, 0.3) is 0 Å². The van der Waals surface area contributed by atoms with Gasteiger partial charge in [0.05, 0.1) is 6.04 Å². The van der Waals surface area contributed by atoms with Crippen LogP contribution in [0.3, 0.4) is 0 Å². The second-order valence-corrected chi connectivity index (χ2v) is 5.57. The van der Waals surface area contributed by atoms with Crippen LogP contribution in [0.1, 0.15) is 18.9 Å². The fourth-order valence-electron chi connectivity index (χ4n) is 2.61. The standard InChI is InChI=1S/C15H23N3O/c1-11(10-18(2)3)16-14-9-8-12-6-4-5-7-13(12)17-15(14)19/h4-7,11,14,16H,8-10H2,1-3H3,(H,17,19). The molecule has 0 aromatic heterocycles. The SMILES string of the molecule is CC(CN(C)C)NC1CCc2ccccc2NC1=O. The van der Waals surface area contributed by atoms with Gasteiger partial charge in [0.1, 0.15) is 0 Å². The van der Waals surface area contributed by atoms with E-state index in [2.05, 4.69) is 28.5 Å². The lowest BCUT2D eigenvalue weighted by atomic mass is 10.1. The number of aryl methyl sites for hydroxylation is 1. The average molecular weight is 261 g/mol. The number of hydrogen-bond donors (Lipinski definition) is 2. The molecule has 19 heavy (non-hydrogen) atoms. The Balaban J connectivity index is 2.00. The molecule has 1 heterocycles. The van der Waals surface area contributed by atoms with E-state index in [0.29, 0.717) is 6.04 Å². The first-order chi connectivity index (χ1) is 9.06. The molecular formula is C15H23N3O. The summed E-state index contributed by atoms with van der Waals surface area (Å²) in [5.74, 6) is 0.0792. The summed E-state index contributed by atoms with van der Waals surface area (Å²) in [7, 11) is 4.09. The molecule has 2 N–H and O–H groups in total. The second kappa shape index (κ2) is 6.17. The van der Waals surface area contributed by atoms with Gasteiger partial charge in [0, 0.05) is 18.3 Å². The Bertz CT molecular complexity index is 445. The number of anilines is 1. The zero-order chi connectivity index (χ0) is 13.8. The van der Waals surface area contributed by atoms with E-state index in [-0.39, 0.29) is 11.9 Å². The van der Waals surface area contributed by atoms with E-state index in [0.717, 1.165) is 25.1 Å². The molecular weight excluding hydrogens is 238 g/mol. The maximum Gasteiger partial charge on any atom is 0.241 e. The summed E-state index contributed by atoms with van der Waals surface area (Å²) in [6, 6.07) is 8.23. The maximum absolute atomic E-state index is 12.2. The minimum Gasteiger partial charge on any atom is -0.324 e. The van der Waals surface area contributed by atoms with Crippen LogP contribution in [-0.2, 0) is 11.2 Å². The Morgan fingerprint density at radius 3 is 2.89 bits per heavy atom. The Kier molecular flexibility index (Phi) is 4.56. The molecule has 0 fully saturated rings. The van der Waals surface area contributed by atoms with Gasteiger partial charge in [-0.15, -0.1) is 0 Å². The summed E-state index contributed by atoms with van der Waals surface area (Å²) in [6.45, 7) is 3.04. The van der Waals surface area contributed by atoms with Crippen molar-refractivity contribution >= 4 is 11.6 Å². The fraction of sp³-hybridized carbons (Fsp3) is 0.533. The molecule has 0 saturated heterocycles. The smallest absolute Gasteiger partial charge is 0.241 e. The van der Waals surface area contributed by atoms with Crippen molar-refractivity contribution in [2.45, 2.75) is 31.8 Å². The number of hydrogen-bond acceptors (Lipinski definition) is 3. The van der Waals surface area contributed by atoms with E-state index in [1.54, 1.807) is 0 Å². The third-order valence-electron chi connectivity index (χ3n) is 3.42. The molecule has 1 aromatic carbocycles. The molecule has 0 aliphatic carbocycles. The minimum absolute atomic E-state index is 0.0792. The first-order valence-electron chi connectivity index (χ1n) is 6.86. The number of amides is 1. The molecule has 1 aliphatic rings. The van der Waals surface area contributed by atoms with Gasteiger partial charge in [0.2, 0.25) is 5.91 Å². The topological polar surface area (TPSA) is 44.4 Å². The Morgan fingerprint density at radius 1 is 1.42 bits per heavy atom. The van der Waals surface area contributed by atoms with Gasteiger partial charge in [-0.05, 0) is 45.5 Å². The van der Waals surface area contributed by atoms with Gasteiger partial charge < -0.3 is 15.5 Å². The van der Waals surface area contributed by atoms with Crippen LogP contribution in [0.2, 0.25) is 0 Å². The lowest BCUT2D eigenvalue weighted by molar-refractivity contribution is -0.118. The second-order valence-electron chi connectivity index (χ2n) is 5.57. The van der Waals surface area contributed by atoms with Gasteiger partial charge >= 0.3 is 0 Å². The molecule has 2 atom stereocenters. The summed E-state index contributed by atoms with van der Waals surface area (Å²) >= 11 is 0. The third-order valence-corrected chi connectivity index (χ3v) is 3.42. The third kappa shape index (κ3) is 3.78. The normalized spacial score (nSPS) is 20.6. The molecule has 0 radical (unpaired) electrons. The monoisotopic (exact) mass is 261 g/mol. The quantitative estimate of drug-likeness (QED) is 0.863. The van der Waals surface area contributed by atoms with Gasteiger partial charge in [-0.2, -0.15) is 0 Å². The number of carbonyl (C=O) groups excluding carboxylic acids is 1. The van der Waals surface area contributed by atoms with E-state index in [4.69, 9.17) is 0 Å². The van der Waals surface area contributed by atoms with E-state index >= 15 is 0 Å². The number of rotatable bonds is 4. The van der Waals surface area contributed by atoms with Crippen molar-refractivity contribution in [1.82, 2.24) is 10.2 Å². The highest BCUT2D eigenvalue weighted by atomic mass is 16.2. The van der Waals surface area contributed by atoms with Gasteiger partial charge in [-0.1, -0.05) is 18.2 Å². The summed E-state index contributed by atoms with van der Waals surface area (Å²) in [5.41, 5.74) is 2.18. The summed E-state index contributed by atoms with van der Waals surface area (Å²) in [5, 5.41) is 6.44. The van der Waals surface area contributed by atoms with E-state index < -0.39 is 0 Å². The first-order valence-corrected chi connectivity index (χ1v) is 6.86. The number of likely N-dealkylation sites (N-methyl/N-ethyl adjacent to an activating group) is 1. The lowest BCUT2D eigenvalue weighted by Crippen LogP contribution is -2.47. The molecule has 0 saturated carbocycles. The van der Waals surface area contributed by atoms with E-state index in [1.165, 1.54) is 5.56 Å². The summed E-state index contributed by atoms with van der Waals surface area (Å²) in [6.07, 6.45) is 1.78. The van der Waals surface area contributed by atoms with Crippen molar-refractivity contribution < 1.29 is 4.79 Å². The van der Waals surface area contributed by atoms with Crippen LogP contribution >= 0.6 is 0 Å². The van der Waals surface area contributed by atoms with Crippen LogP contribution in [0.4, 0.5) is 5.69 Å². The molecule has 4 nitrogen and oxygen atoms in total. The Hall–Kier alpha value is -1.39. The van der Waals surface area contributed by atoms with Crippen LogP contribution in [0, 0.1) is 0 Å². The molecule has 0 bridgehead atoms. The largest absolute Gasteiger partial charge is 0.324 e. The van der Waals surface area contributed by atoms with Crippen LogP contribution in [0.5, 0.6) is 0 Å². The molecule has 1 aromatic rings. The molecule has 104 valence electrons. The average Bonchev–Trinajstić information content (AvgIpc) is 2.48. The lowest BCUT2D eigenvalue weighted by Gasteiger charge is -2.23. The van der Waals surface area contributed by atoms with Crippen LogP contribution < -0.4 is 10.6 Å². The van der Waals surface area contributed by atoms with Crippen molar-refractivity contribution in [3.8, 4) is 0 Å². The molecule has 2 rings (SSSR count). The van der Waals surface area contributed by atoms with Crippen LogP contribution in [0.15, 0.2) is 24.3 Å². The number of nitrogens with one attached hydrogen (secondary N) is 2. The van der Waals surface area contributed by atoms with Gasteiger partial charge in [0.25, 0.3) is 0 Å². The highest BCUT2D eigenvalue weighted by Gasteiger charge is 2.24. The number of nitrogens with zero attached hydrogens (tertiary/aromatic N) is 1. The number of benzene rings is 1. The Labute approximate surface area is 115 Å². The minimum atomic E-state index is -0.109. The van der Waals surface area contributed by atoms with Crippen molar-refractivity contribution in [3.05, 3.63) is 29.8 Å². The zero-order valence-corrected chi connectivity index (χ0v) is 11.9. The summed E-state index contributed by atoms with van der Waals surface area (Å²) < 4.78 is 0. The molecule has 1 aliphatic heterocycles. The maximum atomic E-state index is 12.2. The molecule has 4 heteroatoms. The highest BCUT2D eigenvalue weighted by Crippen LogP contribution is 2.21. The summed E-state index contributed by atoms with van der Waals surface area (Å²) in [4.78, 5) is 14.3. The van der Waals surface area contributed by atoms with Crippen molar-refractivity contribution in [3.63, 3.8) is 0 Å². The number of carbonyl (C=O) groups is 1.